The van der Waals surface area contributed by atoms with Crippen LogP contribution in [0.25, 0.3) is 5.65 Å². The predicted octanol–water partition coefficient (Wildman–Crippen LogP) is 4.58. The summed E-state index contributed by atoms with van der Waals surface area (Å²) < 4.78 is 29.7. The Morgan fingerprint density at radius 2 is 1.78 bits per heavy atom. The SMILES string of the molecule is CCc1cc(CCc2c(F)cccc2F)c2nc(C)c(C)n2c1. The van der Waals surface area contributed by atoms with Crippen LogP contribution in [0, 0.1) is 25.5 Å². The molecule has 120 valence electrons. The summed E-state index contributed by atoms with van der Waals surface area (Å²) >= 11 is 0. The van der Waals surface area contributed by atoms with Crippen molar-refractivity contribution in [2.24, 2.45) is 0 Å². The molecule has 0 unspecified atom stereocenters. The van der Waals surface area contributed by atoms with Gasteiger partial charge in [0.05, 0.1) is 5.69 Å². The summed E-state index contributed by atoms with van der Waals surface area (Å²) in [5.41, 5.74) is 5.34. The van der Waals surface area contributed by atoms with E-state index >= 15 is 0 Å². The third kappa shape index (κ3) is 2.85. The van der Waals surface area contributed by atoms with Gasteiger partial charge in [-0.15, -0.1) is 0 Å². The number of aryl methyl sites for hydroxylation is 4. The molecule has 4 heteroatoms. The van der Waals surface area contributed by atoms with E-state index in [4.69, 9.17) is 0 Å². The smallest absolute Gasteiger partial charge is 0.140 e. The average molecular weight is 314 g/mol. The molecule has 23 heavy (non-hydrogen) atoms. The molecular formula is C19H20F2N2. The van der Waals surface area contributed by atoms with Crippen LogP contribution >= 0.6 is 0 Å². The summed E-state index contributed by atoms with van der Waals surface area (Å²) in [4.78, 5) is 4.62. The van der Waals surface area contributed by atoms with Gasteiger partial charge in [-0.1, -0.05) is 19.1 Å². The fourth-order valence-corrected chi connectivity index (χ4v) is 2.91. The molecule has 0 radical (unpaired) electrons. The van der Waals surface area contributed by atoms with Crippen LogP contribution in [0.1, 0.15) is 35.0 Å². The highest BCUT2D eigenvalue weighted by molar-refractivity contribution is 5.52. The van der Waals surface area contributed by atoms with E-state index in [2.05, 4.69) is 28.6 Å². The largest absolute Gasteiger partial charge is 0.304 e. The highest BCUT2D eigenvalue weighted by Crippen LogP contribution is 2.21. The fourth-order valence-electron chi connectivity index (χ4n) is 2.91. The van der Waals surface area contributed by atoms with Crippen LogP contribution < -0.4 is 0 Å². The Bertz CT molecular complexity index is 845. The quantitative estimate of drug-likeness (QED) is 0.689. The van der Waals surface area contributed by atoms with Gasteiger partial charge in [-0.3, -0.25) is 0 Å². The number of hydrogen-bond acceptors (Lipinski definition) is 1. The molecule has 0 amide bonds. The Hall–Kier alpha value is -2.23. The van der Waals surface area contributed by atoms with Crippen LogP contribution in [0.5, 0.6) is 0 Å². The van der Waals surface area contributed by atoms with Crippen LogP contribution in [-0.2, 0) is 19.3 Å². The van der Waals surface area contributed by atoms with Gasteiger partial charge in [0.1, 0.15) is 17.3 Å². The number of rotatable bonds is 4. The normalized spacial score (nSPS) is 11.3. The first-order valence-corrected chi connectivity index (χ1v) is 7.91. The summed E-state index contributed by atoms with van der Waals surface area (Å²) in [6, 6.07) is 6.10. The van der Waals surface area contributed by atoms with E-state index in [-0.39, 0.29) is 5.56 Å². The van der Waals surface area contributed by atoms with Crippen molar-refractivity contribution in [3.63, 3.8) is 0 Å². The molecule has 0 N–H and O–H groups in total. The Morgan fingerprint density at radius 1 is 1.09 bits per heavy atom. The van der Waals surface area contributed by atoms with Gasteiger partial charge >= 0.3 is 0 Å². The maximum atomic E-state index is 13.8. The van der Waals surface area contributed by atoms with Gasteiger partial charge in [0, 0.05) is 17.5 Å². The average Bonchev–Trinajstić information content (AvgIpc) is 2.82. The third-order valence-electron chi connectivity index (χ3n) is 4.44. The summed E-state index contributed by atoms with van der Waals surface area (Å²) in [6.45, 7) is 6.12. The molecular weight excluding hydrogens is 294 g/mol. The van der Waals surface area contributed by atoms with Crippen molar-refractivity contribution in [1.29, 1.82) is 0 Å². The third-order valence-corrected chi connectivity index (χ3v) is 4.44. The molecule has 0 saturated heterocycles. The lowest BCUT2D eigenvalue weighted by Gasteiger charge is -2.09. The standard InChI is InChI=1S/C19H20F2N2/c1-4-14-10-15(19-22-12(2)13(3)23(19)11-14)8-9-16-17(20)6-5-7-18(16)21/h5-7,10-11H,4,8-9H2,1-3H3. The van der Waals surface area contributed by atoms with Gasteiger partial charge in [0.15, 0.2) is 0 Å². The zero-order chi connectivity index (χ0) is 16.6. The number of pyridine rings is 1. The molecule has 3 rings (SSSR count). The Morgan fingerprint density at radius 3 is 2.43 bits per heavy atom. The van der Waals surface area contributed by atoms with E-state index in [1.54, 1.807) is 0 Å². The number of nitrogens with zero attached hydrogens (tertiary/aromatic N) is 2. The summed E-state index contributed by atoms with van der Waals surface area (Å²) in [7, 11) is 0. The molecule has 1 aromatic carbocycles. The zero-order valence-corrected chi connectivity index (χ0v) is 13.7. The first-order chi connectivity index (χ1) is 11.0. The lowest BCUT2D eigenvalue weighted by Crippen LogP contribution is -2.02. The second-order valence-corrected chi connectivity index (χ2v) is 5.90. The van der Waals surface area contributed by atoms with Gasteiger partial charge in [-0.2, -0.15) is 0 Å². The van der Waals surface area contributed by atoms with Crippen molar-refractivity contribution >= 4 is 5.65 Å². The first-order valence-electron chi connectivity index (χ1n) is 7.91. The van der Waals surface area contributed by atoms with Gasteiger partial charge < -0.3 is 4.40 Å². The highest BCUT2D eigenvalue weighted by atomic mass is 19.1. The summed E-state index contributed by atoms with van der Waals surface area (Å²) in [5.74, 6) is -0.966. The molecule has 2 aromatic heterocycles. The minimum atomic E-state index is -0.483. The minimum absolute atomic E-state index is 0.146. The molecule has 0 bridgehead atoms. The van der Waals surface area contributed by atoms with Crippen molar-refractivity contribution in [3.05, 3.63) is 70.2 Å². The summed E-state index contributed by atoms with van der Waals surface area (Å²) in [5, 5.41) is 0. The van der Waals surface area contributed by atoms with Crippen molar-refractivity contribution in [1.82, 2.24) is 9.38 Å². The van der Waals surface area contributed by atoms with Crippen molar-refractivity contribution in [3.8, 4) is 0 Å². The lowest BCUT2D eigenvalue weighted by atomic mass is 10.0. The van der Waals surface area contributed by atoms with Gasteiger partial charge in [0.2, 0.25) is 0 Å². The molecule has 0 fully saturated rings. The second kappa shape index (κ2) is 6.11. The van der Waals surface area contributed by atoms with Gasteiger partial charge in [-0.05, 0) is 56.4 Å². The second-order valence-electron chi connectivity index (χ2n) is 5.90. The molecule has 0 saturated carbocycles. The van der Waals surface area contributed by atoms with Crippen LogP contribution in [0.3, 0.4) is 0 Å². The van der Waals surface area contributed by atoms with E-state index < -0.39 is 11.6 Å². The fraction of sp³-hybridized carbons (Fsp3) is 0.316. The molecule has 0 atom stereocenters. The number of benzene rings is 1. The molecule has 0 aliphatic heterocycles. The zero-order valence-electron chi connectivity index (χ0n) is 13.7. The number of aromatic nitrogens is 2. The first kappa shape index (κ1) is 15.7. The Balaban J connectivity index is 2.01. The highest BCUT2D eigenvalue weighted by Gasteiger charge is 2.13. The Kier molecular flexibility index (Phi) is 4.16. The van der Waals surface area contributed by atoms with Crippen molar-refractivity contribution < 1.29 is 8.78 Å². The predicted molar refractivity (Wildman–Crippen MR) is 87.8 cm³/mol. The van der Waals surface area contributed by atoms with Crippen molar-refractivity contribution in [2.75, 3.05) is 0 Å². The molecule has 0 aliphatic rings. The van der Waals surface area contributed by atoms with E-state index in [1.807, 2.05) is 13.8 Å². The van der Waals surface area contributed by atoms with E-state index in [0.717, 1.165) is 29.0 Å². The van der Waals surface area contributed by atoms with E-state index in [9.17, 15) is 8.78 Å². The number of fused-ring (bicyclic) bond motifs is 1. The van der Waals surface area contributed by atoms with Crippen LogP contribution in [-0.4, -0.2) is 9.38 Å². The molecule has 2 heterocycles. The molecule has 2 nitrogen and oxygen atoms in total. The molecule has 0 spiro atoms. The van der Waals surface area contributed by atoms with E-state index in [0.29, 0.717) is 12.8 Å². The Labute approximate surface area is 134 Å². The van der Waals surface area contributed by atoms with Crippen molar-refractivity contribution in [2.45, 2.75) is 40.0 Å². The number of halogens is 2. The monoisotopic (exact) mass is 314 g/mol. The lowest BCUT2D eigenvalue weighted by molar-refractivity contribution is 0.554. The van der Waals surface area contributed by atoms with Crippen LogP contribution in [0.15, 0.2) is 30.5 Å². The molecule has 0 aliphatic carbocycles. The summed E-state index contributed by atoms with van der Waals surface area (Å²) in [6.07, 6.45) is 3.89. The van der Waals surface area contributed by atoms with Crippen LogP contribution in [0.2, 0.25) is 0 Å². The van der Waals surface area contributed by atoms with Gasteiger partial charge in [-0.25, -0.2) is 13.8 Å². The number of hydrogen-bond donors (Lipinski definition) is 0. The molecule has 3 aromatic rings. The maximum Gasteiger partial charge on any atom is 0.140 e. The minimum Gasteiger partial charge on any atom is -0.304 e. The van der Waals surface area contributed by atoms with Crippen LogP contribution in [0.4, 0.5) is 8.78 Å². The topological polar surface area (TPSA) is 17.3 Å². The van der Waals surface area contributed by atoms with E-state index in [1.165, 1.54) is 23.8 Å². The van der Waals surface area contributed by atoms with Gasteiger partial charge in [0.25, 0.3) is 0 Å². The number of imidazole rings is 1. The maximum absolute atomic E-state index is 13.8.